The lowest BCUT2D eigenvalue weighted by Crippen LogP contribution is -2.45. The predicted octanol–water partition coefficient (Wildman–Crippen LogP) is 2.57. The topological polar surface area (TPSA) is 78.4 Å². The van der Waals surface area contributed by atoms with E-state index >= 15 is 0 Å². The minimum Gasteiger partial charge on any atom is -0.363 e. The van der Waals surface area contributed by atoms with Crippen LogP contribution in [-0.2, 0) is 16.2 Å². The number of piperidine rings is 1. The van der Waals surface area contributed by atoms with Crippen molar-refractivity contribution in [3.63, 3.8) is 0 Å². The number of nitrogens with one attached hydrogen (secondary N) is 1. The van der Waals surface area contributed by atoms with Crippen molar-refractivity contribution in [1.29, 1.82) is 0 Å². The lowest BCUT2D eigenvalue weighted by Gasteiger charge is -2.32. The van der Waals surface area contributed by atoms with Gasteiger partial charge in [-0.2, -0.15) is 18.2 Å². The molecule has 7 nitrogen and oxygen atoms in total. The molecule has 0 aromatic carbocycles. The molecular formula is C16H20F3N5O2S2. The monoisotopic (exact) mass is 435 g/mol. The molecule has 1 fully saturated rings. The third-order valence-electron chi connectivity index (χ3n) is 4.31. The molecule has 1 aliphatic rings. The molecule has 1 N–H and O–H groups in total. The van der Waals surface area contributed by atoms with Crippen molar-refractivity contribution in [2.75, 3.05) is 37.0 Å². The van der Waals surface area contributed by atoms with Gasteiger partial charge in [0.25, 0.3) is 0 Å². The summed E-state index contributed by atoms with van der Waals surface area (Å²) in [5.74, 6) is 0.163. The SMILES string of the molecule is CN(C)c1cc(C(F)(F)F)nc(N2CCC(NS(=O)(=O)c3cccs3)CC2)n1. The van der Waals surface area contributed by atoms with Gasteiger partial charge in [-0.05, 0) is 24.3 Å². The molecule has 0 saturated carbocycles. The van der Waals surface area contributed by atoms with E-state index in [-0.39, 0.29) is 22.0 Å². The smallest absolute Gasteiger partial charge is 0.363 e. The zero-order chi connectivity index (χ0) is 20.5. The van der Waals surface area contributed by atoms with Crippen LogP contribution in [0, 0.1) is 0 Å². The molecule has 0 bridgehead atoms. The van der Waals surface area contributed by atoms with Gasteiger partial charge >= 0.3 is 6.18 Å². The molecule has 3 rings (SSSR count). The number of aromatic nitrogens is 2. The zero-order valence-electron chi connectivity index (χ0n) is 15.3. The Bertz CT molecular complexity index is 909. The van der Waals surface area contributed by atoms with Gasteiger partial charge in [0.1, 0.15) is 10.0 Å². The van der Waals surface area contributed by atoms with Crippen LogP contribution in [0.1, 0.15) is 18.5 Å². The number of hydrogen-bond donors (Lipinski definition) is 1. The van der Waals surface area contributed by atoms with Crippen LogP contribution in [0.4, 0.5) is 24.9 Å². The molecule has 0 unspecified atom stereocenters. The average Bonchev–Trinajstić information content (AvgIpc) is 3.16. The van der Waals surface area contributed by atoms with Crippen LogP contribution in [-0.4, -0.2) is 51.6 Å². The van der Waals surface area contributed by atoms with E-state index < -0.39 is 21.9 Å². The van der Waals surface area contributed by atoms with Crippen LogP contribution in [0.5, 0.6) is 0 Å². The van der Waals surface area contributed by atoms with E-state index in [4.69, 9.17) is 0 Å². The highest BCUT2D eigenvalue weighted by atomic mass is 32.2. The first-order valence-corrected chi connectivity index (χ1v) is 10.9. The summed E-state index contributed by atoms with van der Waals surface area (Å²) < 4.78 is 67.0. The summed E-state index contributed by atoms with van der Waals surface area (Å²) in [4.78, 5) is 11.0. The van der Waals surface area contributed by atoms with Gasteiger partial charge in [-0.3, -0.25) is 0 Å². The maximum atomic E-state index is 13.2. The third-order valence-corrected chi connectivity index (χ3v) is 7.23. The van der Waals surface area contributed by atoms with Crippen LogP contribution >= 0.6 is 11.3 Å². The largest absolute Gasteiger partial charge is 0.433 e. The first kappa shape index (κ1) is 20.8. The molecule has 2 aromatic rings. The minimum atomic E-state index is -4.57. The molecule has 28 heavy (non-hydrogen) atoms. The Morgan fingerprint density at radius 1 is 1.25 bits per heavy atom. The maximum Gasteiger partial charge on any atom is 0.433 e. The van der Waals surface area contributed by atoms with E-state index in [9.17, 15) is 21.6 Å². The summed E-state index contributed by atoms with van der Waals surface area (Å²) in [7, 11) is -0.361. The Labute approximate surface area is 165 Å². The summed E-state index contributed by atoms with van der Waals surface area (Å²) in [5, 5.41) is 1.68. The Morgan fingerprint density at radius 3 is 2.46 bits per heavy atom. The molecule has 1 aliphatic heterocycles. The highest BCUT2D eigenvalue weighted by molar-refractivity contribution is 7.91. The van der Waals surface area contributed by atoms with Crippen molar-refractivity contribution >= 4 is 33.1 Å². The van der Waals surface area contributed by atoms with Gasteiger partial charge in [0.2, 0.25) is 16.0 Å². The zero-order valence-corrected chi connectivity index (χ0v) is 16.9. The number of hydrogen-bond acceptors (Lipinski definition) is 7. The lowest BCUT2D eigenvalue weighted by atomic mass is 10.1. The third kappa shape index (κ3) is 4.73. The number of thiophene rings is 1. The maximum absolute atomic E-state index is 13.2. The molecule has 0 amide bonds. The fourth-order valence-corrected chi connectivity index (χ4v) is 5.14. The van der Waals surface area contributed by atoms with Crippen LogP contribution in [0.15, 0.2) is 27.8 Å². The second-order valence-corrected chi connectivity index (χ2v) is 9.51. The fraction of sp³-hybridized carbons (Fsp3) is 0.500. The van der Waals surface area contributed by atoms with Gasteiger partial charge in [-0.25, -0.2) is 18.1 Å². The van der Waals surface area contributed by atoms with Crippen molar-refractivity contribution in [3.8, 4) is 0 Å². The number of halogens is 3. The lowest BCUT2D eigenvalue weighted by molar-refractivity contribution is -0.141. The van der Waals surface area contributed by atoms with Crippen molar-refractivity contribution in [2.45, 2.75) is 29.3 Å². The quantitative estimate of drug-likeness (QED) is 0.778. The van der Waals surface area contributed by atoms with E-state index in [1.54, 1.807) is 30.4 Å². The number of alkyl halides is 3. The minimum absolute atomic E-state index is 0.00177. The average molecular weight is 435 g/mol. The van der Waals surface area contributed by atoms with Gasteiger partial charge in [-0.15, -0.1) is 11.3 Å². The number of rotatable bonds is 5. The van der Waals surface area contributed by atoms with E-state index in [1.807, 2.05) is 0 Å². The van der Waals surface area contributed by atoms with Gasteiger partial charge < -0.3 is 9.80 Å². The molecule has 154 valence electrons. The second kappa shape index (κ2) is 7.84. The van der Waals surface area contributed by atoms with Crippen molar-refractivity contribution < 1.29 is 21.6 Å². The van der Waals surface area contributed by atoms with Crippen molar-refractivity contribution in [2.24, 2.45) is 0 Å². The van der Waals surface area contributed by atoms with Gasteiger partial charge in [-0.1, -0.05) is 6.07 Å². The summed E-state index contributed by atoms with van der Waals surface area (Å²) in [5.41, 5.74) is -0.998. The van der Waals surface area contributed by atoms with Crippen molar-refractivity contribution in [3.05, 3.63) is 29.3 Å². The van der Waals surface area contributed by atoms with Crippen LogP contribution in [0.3, 0.4) is 0 Å². The first-order valence-electron chi connectivity index (χ1n) is 8.50. The van der Waals surface area contributed by atoms with Crippen LogP contribution in [0.25, 0.3) is 0 Å². The Kier molecular flexibility index (Phi) is 5.82. The predicted molar refractivity (Wildman–Crippen MR) is 101 cm³/mol. The molecule has 0 atom stereocenters. The van der Waals surface area contributed by atoms with Crippen LogP contribution < -0.4 is 14.5 Å². The molecular weight excluding hydrogens is 415 g/mol. The number of nitrogens with zero attached hydrogens (tertiary/aromatic N) is 4. The Balaban J connectivity index is 1.72. The second-order valence-electron chi connectivity index (χ2n) is 6.62. The molecule has 12 heteroatoms. The van der Waals surface area contributed by atoms with Gasteiger partial charge in [0.05, 0.1) is 0 Å². The van der Waals surface area contributed by atoms with E-state index in [0.29, 0.717) is 25.9 Å². The summed E-state index contributed by atoms with van der Waals surface area (Å²) in [6, 6.07) is 3.81. The molecule has 3 heterocycles. The molecule has 0 spiro atoms. The molecule has 0 radical (unpaired) electrons. The highest BCUT2D eigenvalue weighted by Gasteiger charge is 2.35. The van der Waals surface area contributed by atoms with E-state index in [2.05, 4.69) is 14.7 Å². The highest BCUT2D eigenvalue weighted by Crippen LogP contribution is 2.31. The van der Waals surface area contributed by atoms with E-state index in [1.165, 1.54) is 11.0 Å². The summed E-state index contributed by atoms with van der Waals surface area (Å²) in [6.45, 7) is 0.706. The molecule has 0 aliphatic carbocycles. The fourth-order valence-electron chi connectivity index (χ4n) is 2.83. The first-order chi connectivity index (χ1) is 13.1. The number of anilines is 2. The van der Waals surface area contributed by atoms with Crippen LogP contribution in [0.2, 0.25) is 0 Å². The van der Waals surface area contributed by atoms with Crippen molar-refractivity contribution in [1.82, 2.24) is 14.7 Å². The van der Waals surface area contributed by atoms with Gasteiger partial charge in [0, 0.05) is 39.3 Å². The standard InChI is InChI=1S/C16H20F3N5O2S2/c1-23(2)13-10-12(16(17,18)19)20-15(21-13)24-7-5-11(6-8-24)22-28(25,26)14-4-3-9-27-14/h3-4,9-11,22H,5-8H2,1-2H3. The molecule has 1 saturated heterocycles. The number of sulfonamides is 1. The summed E-state index contributed by atoms with van der Waals surface area (Å²) in [6.07, 6.45) is -3.68. The van der Waals surface area contributed by atoms with E-state index in [0.717, 1.165) is 17.4 Å². The summed E-state index contributed by atoms with van der Waals surface area (Å²) >= 11 is 1.13. The molecule has 2 aromatic heterocycles. The Morgan fingerprint density at radius 2 is 1.93 bits per heavy atom. The van der Waals surface area contributed by atoms with Gasteiger partial charge in [0.15, 0.2) is 5.69 Å². The Hall–Kier alpha value is -1.92. The normalized spacial score (nSPS) is 16.4.